The van der Waals surface area contributed by atoms with Gasteiger partial charge in [-0.15, -0.1) is 0 Å². The molecule has 0 spiro atoms. The van der Waals surface area contributed by atoms with Crippen molar-refractivity contribution in [2.45, 2.75) is 26.3 Å². The first-order chi connectivity index (χ1) is 15.7. The summed E-state index contributed by atoms with van der Waals surface area (Å²) >= 11 is 0. The fourth-order valence-electron chi connectivity index (χ4n) is 3.98. The maximum atomic E-state index is 12.7. The summed E-state index contributed by atoms with van der Waals surface area (Å²) in [6, 6.07) is 14.6. The third-order valence-electron chi connectivity index (χ3n) is 5.51. The second kappa shape index (κ2) is 9.27. The van der Waals surface area contributed by atoms with Gasteiger partial charge in [-0.1, -0.05) is 6.07 Å². The highest BCUT2D eigenvalue weighted by Gasteiger charge is 2.31. The number of rotatable bonds is 7. The van der Waals surface area contributed by atoms with Crippen molar-refractivity contribution in [3.05, 3.63) is 59.7 Å². The summed E-state index contributed by atoms with van der Waals surface area (Å²) in [6.45, 7) is 3.76. The molecule has 8 nitrogen and oxygen atoms in total. The van der Waals surface area contributed by atoms with E-state index < -0.39 is 9.84 Å². The molecule has 1 aromatic heterocycles. The van der Waals surface area contributed by atoms with E-state index in [1.807, 2.05) is 56.3 Å². The normalized spacial score (nSPS) is 17.0. The molecule has 33 heavy (non-hydrogen) atoms. The van der Waals surface area contributed by atoms with Gasteiger partial charge in [-0.25, -0.2) is 13.1 Å². The second-order valence-electron chi connectivity index (χ2n) is 8.31. The van der Waals surface area contributed by atoms with Crippen molar-refractivity contribution >= 4 is 21.6 Å². The highest BCUT2D eigenvalue weighted by Crippen LogP contribution is 2.31. The van der Waals surface area contributed by atoms with Gasteiger partial charge in [-0.2, -0.15) is 5.10 Å². The summed E-state index contributed by atoms with van der Waals surface area (Å²) in [5.41, 5.74) is 3.56. The summed E-state index contributed by atoms with van der Waals surface area (Å²) in [5, 5.41) is 7.48. The van der Waals surface area contributed by atoms with Gasteiger partial charge in [0.1, 0.15) is 17.3 Å². The van der Waals surface area contributed by atoms with Crippen LogP contribution in [0.1, 0.15) is 23.6 Å². The number of hydrogen-bond donors (Lipinski definition) is 1. The Bertz CT molecular complexity index is 1250. The molecule has 2 heterocycles. The number of nitrogens with one attached hydrogen (secondary N) is 1. The molecule has 9 heteroatoms. The molecule has 1 saturated heterocycles. The molecular formula is C24H27N3O5S. The van der Waals surface area contributed by atoms with Crippen molar-refractivity contribution in [3.63, 3.8) is 0 Å². The van der Waals surface area contributed by atoms with Crippen molar-refractivity contribution in [2.75, 3.05) is 30.5 Å². The van der Waals surface area contributed by atoms with Crippen LogP contribution in [0, 0.1) is 13.8 Å². The topological polar surface area (TPSA) is 99.5 Å². The summed E-state index contributed by atoms with van der Waals surface area (Å²) in [6.07, 6.45) is 0.452. The Hall–Kier alpha value is -3.33. The number of carbonyl (C=O) groups is 1. The van der Waals surface area contributed by atoms with Crippen LogP contribution < -0.4 is 14.8 Å². The summed E-state index contributed by atoms with van der Waals surface area (Å²) in [7, 11) is -1.53. The van der Waals surface area contributed by atoms with Crippen molar-refractivity contribution in [3.8, 4) is 22.8 Å². The molecule has 0 bridgehead atoms. The zero-order valence-electron chi connectivity index (χ0n) is 18.9. The third kappa shape index (κ3) is 5.54. The number of sulfone groups is 1. The maximum Gasteiger partial charge on any atom is 0.263 e. The standard InChI is InChI=1S/C24H27N3O5S/c1-16-10-17(2)12-21(11-16)32-14-24(28)25-23-13-22(18-4-6-20(31-3)7-5-18)26-27(23)19-8-9-33(29,30)15-19/h4-7,10-13,19H,8-9,14-15H2,1-3H3,(H,25,28)/t19-/m0/s1. The average Bonchev–Trinajstić information content (AvgIpc) is 3.34. The van der Waals surface area contributed by atoms with Crippen LogP contribution in [-0.4, -0.2) is 49.3 Å². The zero-order chi connectivity index (χ0) is 23.6. The Labute approximate surface area is 193 Å². The highest BCUT2D eigenvalue weighted by molar-refractivity contribution is 7.91. The Morgan fingerprint density at radius 1 is 1.09 bits per heavy atom. The lowest BCUT2D eigenvalue weighted by Gasteiger charge is -2.14. The van der Waals surface area contributed by atoms with Crippen LogP contribution in [0.15, 0.2) is 48.5 Å². The Balaban J connectivity index is 1.55. The van der Waals surface area contributed by atoms with Crippen LogP contribution in [-0.2, 0) is 14.6 Å². The van der Waals surface area contributed by atoms with Crippen LogP contribution in [0.4, 0.5) is 5.82 Å². The number of aryl methyl sites for hydroxylation is 2. The first-order valence-electron chi connectivity index (χ1n) is 10.7. The van der Waals surface area contributed by atoms with Gasteiger partial charge in [0, 0.05) is 11.6 Å². The molecule has 174 valence electrons. The monoisotopic (exact) mass is 469 g/mol. The number of hydrogen-bond acceptors (Lipinski definition) is 6. The molecule has 0 radical (unpaired) electrons. The van der Waals surface area contributed by atoms with Crippen LogP contribution >= 0.6 is 0 Å². The summed E-state index contributed by atoms with van der Waals surface area (Å²) < 4.78 is 36.6. The minimum Gasteiger partial charge on any atom is -0.497 e. The summed E-state index contributed by atoms with van der Waals surface area (Å²) in [4.78, 5) is 12.7. The van der Waals surface area contributed by atoms with E-state index in [9.17, 15) is 13.2 Å². The minimum atomic E-state index is -3.12. The van der Waals surface area contributed by atoms with Crippen LogP contribution in [0.5, 0.6) is 11.5 Å². The molecule has 3 aromatic rings. The van der Waals surface area contributed by atoms with Gasteiger partial charge in [-0.05, 0) is 67.8 Å². The Morgan fingerprint density at radius 3 is 2.39 bits per heavy atom. The molecule has 1 atom stereocenters. The fraction of sp³-hybridized carbons (Fsp3) is 0.333. The molecular weight excluding hydrogens is 442 g/mol. The lowest BCUT2D eigenvalue weighted by atomic mass is 10.1. The largest absolute Gasteiger partial charge is 0.497 e. The number of anilines is 1. The van der Waals surface area contributed by atoms with E-state index >= 15 is 0 Å². The quantitative estimate of drug-likeness (QED) is 0.568. The van der Waals surface area contributed by atoms with E-state index in [-0.39, 0.29) is 30.1 Å². The zero-order valence-corrected chi connectivity index (χ0v) is 19.7. The molecule has 4 rings (SSSR count). The fourth-order valence-corrected chi connectivity index (χ4v) is 5.67. The van der Waals surface area contributed by atoms with Gasteiger partial charge in [-0.3, -0.25) is 4.79 Å². The van der Waals surface area contributed by atoms with Crippen LogP contribution in [0.25, 0.3) is 11.3 Å². The molecule has 1 aliphatic heterocycles. The molecule has 0 unspecified atom stereocenters. The first kappa shape index (κ1) is 22.8. The van der Waals surface area contributed by atoms with Crippen LogP contribution in [0.3, 0.4) is 0 Å². The van der Waals surface area contributed by atoms with Gasteiger partial charge >= 0.3 is 0 Å². The molecule has 1 amide bonds. The maximum absolute atomic E-state index is 12.7. The number of amides is 1. The lowest BCUT2D eigenvalue weighted by molar-refractivity contribution is -0.118. The molecule has 1 fully saturated rings. The molecule has 1 N–H and O–H groups in total. The van der Waals surface area contributed by atoms with E-state index in [2.05, 4.69) is 10.4 Å². The Kier molecular flexibility index (Phi) is 6.42. The number of methoxy groups -OCH3 is 1. The van der Waals surface area contributed by atoms with Gasteiger partial charge in [0.15, 0.2) is 16.4 Å². The van der Waals surface area contributed by atoms with Crippen molar-refractivity contribution < 1.29 is 22.7 Å². The SMILES string of the molecule is COc1ccc(-c2cc(NC(=O)COc3cc(C)cc(C)c3)n([C@H]3CCS(=O)(=O)C3)n2)cc1. The molecule has 2 aromatic carbocycles. The molecule has 0 aliphatic carbocycles. The number of ether oxygens (including phenoxy) is 2. The third-order valence-corrected chi connectivity index (χ3v) is 7.26. The van der Waals surface area contributed by atoms with E-state index in [1.165, 1.54) is 0 Å². The van der Waals surface area contributed by atoms with Crippen LogP contribution in [0.2, 0.25) is 0 Å². The van der Waals surface area contributed by atoms with Gasteiger partial charge in [0.25, 0.3) is 5.91 Å². The molecule has 0 saturated carbocycles. The number of aromatic nitrogens is 2. The average molecular weight is 470 g/mol. The lowest BCUT2D eigenvalue weighted by Crippen LogP contribution is -2.23. The van der Waals surface area contributed by atoms with Gasteiger partial charge in [0.2, 0.25) is 0 Å². The first-order valence-corrected chi connectivity index (χ1v) is 12.5. The van der Waals surface area contributed by atoms with Crippen molar-refractivity contribution in [1.82, 2.24) is 9.78 Å². The number of benzene rings is 2. The van der Waals surface area contributed by atoms with E-state index in [1.54, 1.807) is 17.9 Å². The number of nitrogens with zero attached hydrogens (tertiary/aromatic N) is 2. The smallest absolute Gasteiger partial charge is 0.263 e. The summed E-state index contributed by atoms with van der Waals surface area (Å²) in [5.74, 6) is 1.54. The van der Waals surface area contributed by atoms with Crippen molar-refractivity contribution in [2.24, 2.45) is 0 Å². The van der Waals surface area contributed by atoms with E-state index in [4.69, 9.17) is 9.47 Å². The van der Waals surface area contributed by atoms with Gasteiger partial charge < -0.3 is 14.8 Å². The molecule has 1 aliphatic rings. The highest BCUT2D eigenvalue weighted by atomic mass is 32.2. The number of carbonyl (C=O) groups excluding carboxylic acids is 1. The predicted molar refractivity (Wildman–Crippen MR) is 127 cm³/mol. The predicted octanol–water partition coefficient (Wildman–Crippen LogP) is 3.55. The van der Waals surface area contributed by atoms with E-state index in [0.29, 0.717) is 23.7 Å². The Morgan fingerprint density at radius 2 is 1.79 bits per heavy atom. The van der Waals surface area contributed by atoms with Crippen molar-refractivity contribution in [1.29, 1.82) is 0 Å². The van der Waals surface area contributed by atoms with Gasteiger partial charge in [0.05, 0.1) is 30.4 Å². The minimum absolute atomic E-state index is 0.00132. The second-order valence-corrected chi connectivity index (χ2v) is 10.5. The van der Waals surface area contributed by atoms with E-state index in [0.717, 1.165) is 22.4 Å².